The summed E-state index contributed by atoms with van der Waals surface area (Å²) in [4.78, 5) is 14.3. The van der Waals surface area contributed by atoms with Crippen molar-refractivity contribution in [3.63, 3.8) is 0 Å². The summed E-state index contributed by atoms with van der Waals surface area (Å²) in [5, 5.41) is 2.77. The summed E-state index contributed by atoms with van der Waals surface area (Å²) in [6, 6.07) is 4.84. The van der Waals surface area contributed by atoms with E-state index in [0.29, 0.717) is 5.95 Å². The third-order valence-corrected chi connectivity index (χ3v) is 3.73. The fraction of sp³-hybridized carbons (Fsp3) is 0.400. The predicted molar refractivity (Wildman–Crippen MR) is 85.0 cm³/mol. The van der Waals surface area contributed by atoms with Gasteiger partial charge >= 0.3 is 6.18 Å². The van der Waals surface area contributed by atoms with E-state index in [0.717, 1.165) is 44.5 Å². The van der Waals surface area contributed by atoms with Gasteiger partial charge in [-0.15, -0.1) is 0 Å². The van der Waals surface area contributed by atoms with Gasteiger partial charge in [0.15, 0.2) is 0 Å². The Hall–Kier alpha value is -2.58. The van der Waals surface area contributed by atoms with Crippen LogP contribution in [0.2, 0.25) is 0 Å². The maximum atomic E-state index is 12.8. The van der Waals surface area contributed by atoms with Crippen LogP contribution in [-0.2, 0) is 6.18 Å². The van der Waals surface area contributed by atoms with E-state index < -0.39 is 11.7 Å². The van der Waals surface area contributed by atoms with E-state index in [4.69, 9.17) is 5.73 Å². The lowest BCUT2D eigenvalue weighted by molar-refractivity contribution is -0.137. The Morgan fingerprint density at radius 1 is 1.04 bits per heavy atom. The van der Waals surface area contributed by atoms with Crippen molar-refractivity contribution >= 4 is 23.5 Å². The lowest BCUT2D eigenvalue weighted by Crippen LogP contribution is -2.31. The standard InChI is InChI=1S/C15H17F3N6/c16-15(17,18)10-5-4-6-11(9-10)20-13-21-12(19)22-14(23-13)24-7-2-1-3-8-24/h4-6,9H,1-3,7-8H2,(H3,19,20,21,22,23). The largest absolute Gasteiger partial charge is 0.416 e. The molecule has 1 aliphatic rings. The van der Waals surface area contributed by atoms with Gasteiger partial charge in [-0.25, -0.2) is 0 Å². The average Bonchev–Trinajstić information content (AvgIpc) is 2.54. The van der Waals surface area contributed by atoms with Crippen LogP contribution < -0.4 is 16.0 Å². The second-order valence-corrected chi connectivity index (χ2v) is 5.57. The van der Waals surface area contributed by atoms with Crippen molar-refractivity contribution in [2.45, 2.75) is 25.4 Å². The van der Waals surface area contributed by atoms with Crippen LogP contribution in [0.3, 0.4) is 0 Å². The van der Waals surface area contributed by atoms with E-state index in [-0.39, 0.29) is 17.6 Å². The molecule has 24 heavy (non-hydrogen) atoms. The van der Waals surface area contributed by atoms with E-state index in [1.165, 1.54) is 12.1 Å². The van der Waals surface area contributed by atoms with E-state index in [1.807, 2.05) is 4.90 Å². The molecular formula is C15H17F3N6. The SMILES string of the molecule is Nc1nc(Nc2cccc(C(F)(F)F)c2)nc(N2CCCCC2)n1. The predicted octanol–water partition coefficient (Wildman–Crippen LogP) is 3.21. The molecule has 1 aromatic heterocycles. The van der Waals surface area contributed by atoms with Gasteiger partial charge in [0, 0.05) is 18.8 Å². The van der Waals surface area contributed by atoms with Crippen LogP contribution in [0, 0.1) is 0 Å². The first-order valence-electron chi connectivity index (χ1n) is 7.62. The molecule has 0 radical (unpaired) electrons. The van der Waals surface area contributed by atoms with Crippen LogP contribution in [0.1, 0.15) is 24.8 Å². The number of hydrogen-bond donors (Lipinski definition) is 2. The number of anilines is 4. The fourth-order valence-corrected chi connectivity index (χ4v) is 2.57. The van der Waals surface area contributed by atoms with Crippen LogP contribution in [0.25, 0.3) is 0 Å². The third-order valence-electron chi connectivity index (χ3n) is 3.73. The summed E-state index contributed by atoms with van der Waals surface area (Å²) in [5.74, 6) is 0.596. The van der Waals surface area contributed by atoms with Gasteiger partial charge in [-0.2, -0.15) is 28.1 Å². The van der Waals surface area contributed by atoms with Crippen LogP contribution >= 0.6 is 0 Å². The number of benzene rings is 1. The molecule has 128 valence electrons. The number of halogens is 3. The van der Waals surface area contributed by atoms with E-state index in [2.05, 4.69) is 20.3 Å². The number of nitrogens with two attached hydrogens (primary N) is 1. The van der Waals surface area contributed by atoms with Crippen LogP contribution in [-0.4, -0.2) is 28.0 Å². The molecule has 1 fully saturated rings. The number of rotatable bonds is 3. The van der Waals surface area contributed by atoms with E-state index in [9.17, 15) is 13.2 Å². The minimum atomic E-state index is -4.41. The maximum Gasteiger partial charge on any atom is 0.416 e. The van der Waals surface area contributed by atoms with Crippen molar-refractivity contribution < 1.29 is 13.2 Å². The lowest BCUT2D eigenvalue weighted by atomic mass is 10.1. The highest BCUT2D eigenvalue weighted by molar-refractivity contribution is 5.56. The summed E-state index contributed by atoms with van der Waals surface area (Å²) >= 11 is 0. The number of piperidine rings is 1. The normalized spacial score (nSPS) is 15.4. The Kier molecular flexibility index (Phi) is 4.41. The Bertz CT molecular complexity index is 713. The summed E-state index contributed by atoms with van der Waals surface area (Å²) in [5.41, 5.74) is 5.20. The molecule has 3 N–H and O–H groups in total. The lowest BCUT2D eigenvalue weighted by Gasteiger charge is -2.26. The summed E-state index contributed by atoms with van der Waals surface area (Å²) in [6.07, 6.45) is -1.16. The smallest absolute Gasteiger partial charge is 0.368 e. The van der Waals surface area contributed by atoms with Gasteiger partial charge in [-0.05, 0) is 37.5 Å². The van der Waals surface area contributed by atoms with Gasteiger partial charge in [0.05, 0.1) is 5.56 Å². The molecule has 6 nitrogen and oxygen atoms in total. The zero-order chi connectivity index (χ0) is 17.2. The van der Waals surface area contributed by atoms with Crippen molar-refractivity contribution in [3.05, 3.63) is 29.8 Å². The molecule has 0 atom stereocenters. The number of hydrogen-bond acceptors (Lipinski definition) is 6. The van der Waals surface area contributed by atoms with Gasteiger partial charge in [0.25, 0.3) is 0 Å². The number of nitrogens with one attached hydrogen (secondary N) is 1. The van der Waals surface area contributed by atoms with Crippen LogP contribution in [0.5, 0.6) is 0 Å². The van der Waals surface area contributed by atoms with Crippen molar-refractivity contribution in [1.29, 1.82) is 0 Å². The van der Waals surface area contributed by atoms with Gasteiger partial charge < -0.3 is 16.0 Å². The number of aromatic nitrogens is 3. The highest BCUT2D eigenvalue weighted by Gasteiger charge is 2.30. The first-order chi connectivity index (χ1) is 11.4. The minimum absolute atomic E-state index is 0.0278. The minimum Gasteiger partial charge on any atom is -0.368 e. The summed E-state index contributed by atoms with van der Waals surface area (Å²) < 4.78 is 38.3. The Balaban J connectivity index is 1.83. The topological polar surface area (TPSA) is 80.0 Å². The molecule has 0 unspecified atom stereocenters. The third kappa shape index (κ3) is 3.84. The molecule has 2 heterocycles. The molecule has 1 saturated heterocycles. The Morgan fingerprint density at radius 2 is 1.79 bits per heavy atom. The molecule has 1 aromatic carbocycles. The van der Waals surface area contributed by atoms with Crippen molar-refractivity contribution in [2.75, 3.05) is 29.0 Å². The second-order valence-electron chi connectivity index (χ2n) is 5.57. The molecule has 0 amide bonds. The first kappa shape index (κ1) is 16.3. The Labute approximate surface area is 136 Å². The Morgan fingerprint density at radius 3 is 2.50 bits per heavy atom. The maximum absolute atomic E-state index is 12.8. The molecule has 0 aliphatic carbocycles. The highest BCUT2D eigenvalue weighted by atomic mass is 19.4. The van der Waals surface area contributed by atoms with Crippen LogP contribution in [0.15, 0.2) is 24.3 Å². The number of nitrogen functional groups attached to an aromatic ring is 1. The van der Waals surface area contributed by atoms with Gasteiger partial charge in [0.2, 0.25) is 17.8 Å². The zero-order valence-corrected chi connectivity index (χ0v) is 12.8. The monoisotopic (exact) mass is 338 g/mol. The quantitative estimate of drug-likeness (QED) is 0.894. The molecule has 9 heteroatoms. The van der Waals surface area contributed by atoms with E-state index in [1.54, 1.807) is 0 Å². The van der Waals surface area contributed by atoms with Gasteiger partial charge in [0.1, 0.15) is 0 Å². The van der Waals surface area contributed by atoms with Gasteiger partial charge in [-0.3, -0.25) is 0 Å². The number of nitrogens with zero attached hydrogens (tertiary/aromatic N) is 4. The van der Waals surface area contributed by atoms with E-state index >= 15 is 0 Å². The molecule has 0 saturated carbocycles. The molecule has 2 aromatic rings. The molecular weight excluding hydrogens is 321 g/mol. The molecule has 3 rings (SSSR count). The zero-order valence-electron chi connectivity index (χ0n) is 12.8. The number of alkyl halides is 3. The molecule has 0 spiro atoms. The summed E-state index contributed by atoms with van der Waals surface area (Å²) in [6.45, 7) is 1.65. The molecule has 1 aliphatic heterocycles. The van der Waals surface area contributed by atoms with Gasteiger partial charge in [-0.1, -0.05) is 6.07 Å². The van der Waals surface area contributed by atoms with Crippen molar-refractivity contribution in [3.8, 4) is 0 Å². The van der Waals surface area contributed by atoms with Crippen molar-refractivity contribution in [1.82, 2.24) is 15.0 Å². The fourth-order valence-electron chi connectivity index (χ4n) is 2.57. The van der Waals surface area contributed by atoms with Crippen molar-refractivity contribution in [2.24, 2.45) is 0 Å². The highest BCUT2D eigenvalue weighted by Crippen LogP contribution is 2.31. The first-order valence-corrected chi connectivity index (χ1v) is 7.62. The average molecular weight is 338 g/mol. The summed E-state index contributed by atoms with van der Waals surface area (Å²) in [7, 11) is 0. The van der Waals surface area contributed by atoms with Crippen LogP contribution in [0.4, 0.5) is 36.7 Å². The second kappa shape index (κ2) is 6.50. The molecule has 0 bridgehead atoms.